The third-order valence-corrected chi connectivity index (χ3v) is 5.15. The van der Waals surface area contributed by atoms with Crippen LogP contribution in [-0.4, -0.2) is 32.2 Å². The summed E-state index contributed by atoms with van der Waals surface area (Å²) in [6, 6.07) is 17.6. The van der Waals surface area contributed by atoms with E-state index in [1.54, 1.807) is 4.57 Å². The molecule has 4 aromatic rings. The summed E-state index contributed by atoms with van der Waals surface area (Å²) < 4.78 is 6.80. The Bertz CT molecular complexity index is 1250. The van der Waals surface area contributed by atoms with Crippen LogP contribution in [0.3, 0.4) is 0 Å². The molecule has 1 aliphatic heterocycles. The van der Waals surface area contributed by atoms with Crippen LogP contribution in [0.5, 0.6) is 6.01 Å². The fourth-order valence-electron chi connectivity index (χ4n) is 3.71. The normalized spacial score (nSPS) is 13.0. The molecule has 0 radical (unpaired) electrons. The maximum absolute atomic E-state index is 11.5. The number of nitrogens with zero attached hydrogens (tertiary/aromatic N) is 4. The van der Waals surface area contributed by atoms with Gasteiger partial charge in [0.1, 0.15) is 5.82 Å². The van der Waals surface area contributed by atoms with Crippen molar-refractivity contribution in [3.63, 3.8) is 0 Å². The van der Waals surface area contributed by atoms with E-state index in [9.17, 15) is 4.79 Å². The van der Waals surface area contributed by atoms with Crippen LogP contribution < -0.4 is 21.1 Å². The third kappa shape index (κ3) is 3.78. The zero-order valence-electron chi connectivity index (χ0n) is 16.7. The molecular weight excluding hydrogens is 394 g/mol. The van der Waals surface area contributed by atoms with E-state index in [4.69, 9.17) is 20.4 Å². The molecule has 0 spiro atoms. The van der Waals surface area contributed by atoms with Crippen LogP contribution in [0.2, 0.25) is 0 Å². The summed E-state index contributed by atoms with van der Waals surface area (Å²) in [5.41, 5.74) is 9.77. The second-order valence-electron chi connectivity index (χ2n) is 7.20. The van der Waals surface area contributed by atoms with E-state index in [2.05, 4.69) is 27.8 Å². The minimum absolute atomic E-state index is 0.0385. The quantitative estimate of drug-likeness (QED) is 0.458. The number of hydrogen-bond donors (Lipinski definition) is 3. The number of rotatable bonds is 5. The number of imidazole rings is 1. The maximum Gasteiger partial charge on any atom is 0.412 e. The van der Waals surface area contributed by atoms with Crippen molar-refractivity contribution in [3.8, 4) is 12.0 Å². The molecule has 0 bridgehead atoms. The minimum Gasteiger partial charge on any atom is -0.375 e. The lowest BCUT2D eigenvalue weighted by Gasteiger charge is -2.21. The summed E-state index contributed by atoms with van der Waals surface area (Å²) in [6.45, 7) is 2.14. The van der Waals surface area contributed by atoms with Crippen molar-refractivity contribution in [1.82, 2.24) is 24.8 Å². The molecule has 0 fully saturated rings. The van der Waals surface area contributed by atoms with E-state index in [-0.39, 0.29) is 6.01 Å². The van der Waals surface area contributed by atoms with E-state index in [1.165, 1.54) is 0 Å². The molecule has 1 amide bonds. The number of nitrogens with one attached hydrogen (secondary N) is 2. The molecule has 0 unspecified atom stereocenters. The summed E-state index contributed by atoms with van der Waals surface area (Å²) in [6.07, 6.45) is -0.176. The first-order valence-corrected chi connectivity index (χ1v) is 10.0. The molecule has 4 N–H and O–H groups in total. The molecule has 2 aromatic heterocycles. The number of carbonyl (C=O) groups excluding carboxylic acids is 1. The van der Waals surface area contributed by atoms with Gasteiger partial charge >= 0.3 is 12.1 Å². The molecule has 156 valence electrons. The highest BCUT2D eigenvalue weighted by molar-refractivity contribution is 5.79. The number of carbonyl (C=O) groups is 1. The predicted molar refractivity (Wildman–Crippen MR) is 116 cm³/mol. The topological polar surface area (TPSA) is 120 Å². The van der Waals surface area contributed by atoms with Gasteiger partial charge in [-0.05, 0) is 17.7 Å². The molecule has 3 heterocycles. The van der Waals surface area contributed by atoms with E-state index < -0.39 is 6.09 Å². The summed E-state index contributed by atoms with van der Waals surface area (Å²) in [7, 11) is 0. The van der Waals surface area contributed by atoms with Gasteiger partial charge in [-0.3, -0.25) is 0 Å². The summed E-state index contributed by atoms with van der Waals surface area (Å²) in [4.78, 5) is 25.4. The lowest BCUT2D eigenvalue weighted by Crippen LogP contribution is -2.27. The Morgan fingerprint density at radius 1 is 1.10 bits per heavy atom. The monoisotopic (exact) mass is 415 g/mol. The molecule has 9 nitrogen and oxygen atoms in total. The average Bonchev–Trinajstić information content (AvgIpc) is 3.15. The first-order valence-electron chi connectivity index (χ1n) is 10.0. The number of benzene rings is 2. The van der Waals surface area contributed by atoms with Crippen LogP contribution in [-0.2, 0) is 19.5 Å². The van der Waals surface area contributed by atoms with E-state index in [0.717, 1.165) is 41.1 Å². The Labute approximate surface area is 178 Å². The van der Waals surface area contributed by atoms with Gasteiger partial charge in [0.15, 0.2) is 0 Å². The SMILES string of the molecule is NC(=O)Oc1nc2ccccc2n1-c1nc2c(c(NCc3ccccc3)n1)CNCC2. The highest BCUT2D eigenvalue weighted by Gasteiger charge is 2.22. The number of amides is 1. The smallest absolute Gasteiger partial charge is 0.375 e. The van der Waals surface area contributed by atoms with E-state index >= 15 is 0 Å². The summed E-state index contributed by atoms with van der Waals surface area (Å²) in [5, 5.41) is 6.82. The Balaban J connectivity index is 1.62. The number of hydrogen-bond acceptors (Lipinski definition) is 7. The van der Waals surface area contributed by atoms with Crippen molar-refractivity contribution >= 4 is 22.9 Å². The van der Waals surface area contributed by atoms with Crippen LogP contribution >= 0.6 is 0 Å². The predicted octanol–water partition coefficient (Wildman–Crippen LogP) is 2.53. The zero-order valence-corrected chi connectivity index (χ0v) is 16.7. The number of para-hydroxylation sites is 2. The third-order valence-electron chi connectivity index (χ3n) is 5.15. The highest BCUT2D eigenvalue weighted by atomic mass is 16.6. The van der Waals surface area contributed by atoms with Gasteiger partial charge in [-0.15, -0.1) is 0 Å². The largest absolute Gasteiger partial charge is 0.412 e. The fraction of sp³-hybridized carbons (Fsp3) is 0.182. The first-order chi connectivity index (χ1) is 15.2. The van der Waals surface area contributed by atoms with Gasteiger partial charge in [-0.1, -0.05) is 42.5 Å². The number of fused-ring (bicyclic) bond motifs is 2. The van der Waals surface area contributed by atoms with Crippen molar-refractivity contribution in [1.29, 1.82) is 0 Å². The molecule has 2 aromatic carbocycles. The van der Waals surface area contributed by atoms with Crippen LogP contribution in [0.25, 0.3) is 17.0 Å². The first kappa shape index (κ1) is 19.0. The molecule has 0 saturated carbocycles. The lowest BCUT2D eigenvalue weighted by molar-refractivity contribution is 0.206. The standard InChI is InChI=1S/C22H21N7O2/c23-20(30)31-22-27-17-8-4-5-9-18(17)29(22)21-26-16-10-11-24-13-15(16)19(28-21)25-12-14-6-2-1-3-7-14/h1-9,24H,10-13H2,(H2,23,30)(H,25,26,28). The maximum atomic E-state index is 11.5. The van der Waals surface area contributed by atoms with Crippen molar-refractivity contribution in [2.75, 3.05) is 11.9 Å². The number of ether oxygens (including phenoxy) is 1. The van der Waals surface area contributed by atoms with Gasteiger partial charge in [0.05, 0.1) is 16.7 Å². The fourth-order valence-corrected chi connectivity index (χ4v) is 3.71. The van der Waals surface area contributed by atoms with Crippen molar-refractivity contribution in [2.24, 2.45) is 5.73 Å². The number of primary amides is 1. The van der Waals surface area contributed by atoms with Crippen LogP contribution in [0.15, 0.2) is 54.6 Å². The minimum atomic E-state index is -0.943. The average molecular weight is 415 g/mol. The van der Waals surface area contributed by atoms with Crippen molar-refractivity contribution in [2.45, 2.75) is 19.5 Å². The van der Waals surface area contributed by atoms with Crippen molar-refractivity contribution < 1.29 is 9.53 Å². The Morgan fingerprint density at radius 2 is 1.90 bits per heavy atom. The van der Waals surface area contributed by atoms with Gasteiger partial charge in [0.25, 0.3) is 0 Å². The van der Waals surface area contributed by atoms with Crippen LogP contribution in [0.4, 0.5) is 10.6 Å². The Kier molecular flexibility index (Phi) is 4.93. The van der Waals surface area contributed by atoms with Gasteiger partial charge < -0.3 is 21.1 Å². The molecule has 5 rings (SSSR count). The van der Waals surface area contributed by atoms with Gasteiger partial charge in [-0.2, -0.15) is 9.97 Å². The molecule has 0 atom stereocenters. The Hall–Kier alpha value is -3.98. The second-order valence-corrected chi connectivity index (χ2v) is 7.20. The summed E-state index contributed by atoms with van der Waals surface area (Å²) in [5.74, 6) is 1.11. The molecule has 0 saturated heterocycles. The van der Waals surface area contributed by atoms with Gasteiger partial charge in [0, 0.05) is 31.6 Å². The van der Waals surface area contributed by atoms with Gasteiger partial charge in [0.2, 0.25) is 5.95 Å². The number of aromatic nitrogens is 4. The van der Waals surface area contributed by atoms with Crippen LogP contribution in [0, 0.1) is 0 Å². The molecule has 9 heteroatoms. The van der Waals surface area contributed by atoms with Gasteiger partial charge in [-0.25, -0.2) is 14.3 Å². The summed E-state index contributed by atoms with van der Waals surface area (Å²) >= 11 is 0. The van der Waals surface area contributed by atoms with Crippen molar-refractivity contribution in [3.05, 3.63) is 71.4 Å². The number of nitrogens with two attached hydrogens (primary N) is 1. The molecule has 0 aliphatic carbocycles. The second kappa shape index (κ2) is 8.04. The number of anilines is 1. The lowest BCUT2D eigenvalue weighted by atomic mass is 10.1. The Morgan fingerprint density at radius 3 is 2.74 bits per heavy atom. The van der Waals surface area contributed by atoms with E-state index in [1.807, 2.05) is 42.5 Å². The zero-order chi connectivity index (χ0) is 21.2. The van der Waals surface area contributed by atoms with Crippen LogP contribution in [0.1, 0.15) is 16.8 Å². The van der Waals surface area contributed by atoms with E-state index in [0.29, 0.717) is 24.6 Å². The molecule has 31 heavy (non-hydrogen) atoms. The molecule has 1 aliphatic rings. The molecular formula is C22H21N7O2. The highest BCUT2D eigenvalue weighted by Crippen LogP contribution is 2.28.